The van der Waals surface area contributed by atoms with Crippen LogP contribution >= 0.6 is 0 Å². The number of hydrogen-bond donors (Lipinski definition) is 2. The van der Waals surface area contributed by atoms with E-state index in [-0.39, 0.29) is 11.7 Å². The van der Waals surface area contributed by atoms with Gasteiger partial charge in [-0.3, -0.25) is 4.98 Å². The Labute approximate surface area is 197 Å². The smallest absolute Gasteiger partial charge is 0.416 e. The Morgan fingerprint density at radius 1 is 1.09 bits per heavy atom. The van der Waals surface area contributed by atoms with E-state index in [9.17, 15) is 18.0 Å². The van der Waals surface area contributed by atoms with E-state index in [1.165, 1.54) is 24.5 Å². The number of ether oxygens (including phenoxy) is 1. The first-order valence-corrected chi connectivity index (χ1v) is 10.9. The Bertz CT molecular complexity index is 1360. The van der Waals surface area contributed by atoms with Crippen LogP contribution in [0, 0.1) is 0 Å². The fraction of sp³-hybridized carbons (Fsp3) is 0.250. The molecule has 1 fully saturated rings. The van der Waals surface area contributed by atoms with Crippen LogP contribution in [0.4, 0.5) is 19.0 Å². The molecule has 0 bridgehead atoms. The quantitative estimate of drug-likeness (QED) is 0.421. The molecule has 5 rings (SSSR count). The number of fused-ring (bicyclic) bond motifs is 1. The molecule has 11 heteroatoms. The van der Waals surface area contributed by atoms with Crippen LogP contribution in [0.3, 0.4) is 0 Å². The van der Waals surface area contributed by atoms with Crippen LogP contribution in [0.15, 0.2) is 55.0 Å². The lowest BCUT2D eigenvalue weighted by Crippen LogP contribution is -2.38. The van der Waals surface area contributed by atoms with Crippen molar-refractivity contribution >= 4 is 22.8 Å². The molecule has 35 heavy (non-hydrogen) atoms. The number of pyridine rings is 2. The van der Waals surface area contributed by atoms with E-state index < -0.39 is 17.7 Å². The van der Waals surface area contributed by atoms with Gasteiger partial charge >= 0.3 is 12.1 Å². The summed E-state index contributed by atoms with van der Waals surface area (Å²) in [6, 6.07) is 8.56. The number of aromatic carboxylic acids is 1. The predicted molar refractivity (Wildman–Crippen MR) is 121 cm³/mol. The number of alkyl halides is 3. The van der Waals surface area contributed by atoms with Crippen molar-refractivity contribution in [2.75, 3.05) is 18.0 Å². The Balaban J connectivity index is 1.23. The molecular formula is C24H20F3N5O3. The molecule has 0 amide bonds. The fourth-order valence-corrected chi connectivity index (χ4v) is 4.03. The van der Waals surface area contributed by atoms with E-state index in [0.29, 0.717) is 41.3 Å². The molecule has 180 valence electrons. The van der Waals surface area contributed by atoms with Gasteiger partial charge in [-0.25, -0.2) is 14.8 Å². The van der Waals surface area contributed by atoms with E-state index in [4.69, 9.17) is 9.84 Å². The van der Waals surface area contributed by atoms with Crippen molar-refractivity contribution in [1.29, 1.82) is 0 Å². The molecule has 0 spiro atoms. The summed E-state index contributed by atoms with van der Waals surface area (Å²) in [5.74, 6) is 0.597. The van der Waals surface area contributed by atoms with Crippen molar-refractivity contribution in [3.8, 4) is 17.1 Å². The number of nitrogens with zero attached hydrogens (tertiary/aromatic N) is 4. The fourth-order valence-electron chi connectivity index (χ4n) is 4.03. The van der Waals surface area contributed by atoms with E-state index >= 15 is 0 Å². The number of halogens is 3. The van der Waals surface area contributed by atoms with Crippen LogP contribution in [0.1, 0.15) is 28.8 Å². The number of hydrogen-bond acceptors (Lipinski definition) is 6. The molecule has 3 aromatic heterocycles. The molecule has 1 aliphatic heterocycles. The van der Waals surface area contributed by atoms with Crippen LogP contribution in [0.2, 0.25) is 0 Å². The predicted octanol–water partition coefficient (Wildman–Crippen LogP) is 4.78. The van der Waals surface area contributed by atoms with Crippen LogP contribution in [0.5, 0.6) is 5.75 Å². The van der Waals surface area contributed by atoms with Crippen molar-refractivity contribution in [2.24, 2.45) is 0 Å². The van der Waals surface area contributed by atoms with Gasteiger partial charge in [0.2, 0.25) is 0 Å². The van der Waals surface area contributed by atoms with Gasteiger partial charge < -0.3 is 19.7 Å². The summed E-state index contributed by atoms with van der Waals surface area (Å²) in [6.07, 6.45) is 1.40. The van der Waals surface area contributed by atoms with Gasteiger partial charge in [-0.2, -0.15) is 13.2 Å². The molecule has 1 aliphatic rings. The summed E-state index contributed by atoms with van der Waals surface area (Å²) < 4.78 is 44.8. The number of carboxylic acid groups (broad SMARTS) is 1. The first-order valence-electron chi connectivity index (χ1n) is 10.9. The molecule has 0 aliphatic carbocycles. The molecule has 0 saturated carbocycles. The summed E-state index contributed by atoms with van der Waals surface area (Å²) in [4.78, 5) is 29.0. The number of aromatic amines is 1. The molecule has 1 saturated heterocycles. The van der Waals surface area contributed by atoms with Gasteiger partial charge in [0, 0.05) is 43.9 Å². The number of imidazole rings is 1. The highest BCUT2D eigenvalue weighted by Gasteiger charge is 2.30. The first-order chi connectivity index (χ1) is 16.8. The largest absolute Gasteiger partial charge is 0.489 e. The maximum Gasteiger partial charge on any atom is 0.416 e. The number of piperidine rings is 1. The molecule has 0 atom stereocenters. The van der Waals surface area contributed by atoms with E-state index in [1.54, 1.807) is 6.20 Å². The van der Waals surface area contributed by atoms with Gasteiger partial charge in [0.1, 0.15) is 23.5 Å². The lowest BCUT2D eigenvalue weighted by Gasteiger charge is -2.33. The number of aromatic nitrogens is 4. The number of carboxylic acids is 1. The average molecular weight is 483 g/mol. The molecule has 8 nitrogen and oxygen atoms in total. The summed E-state index contributed by atoms with van der Waals surface area (Å²) in [6.45, 7) is 1.40. The first kappa shape index (κ1) is 22.6. The van der Waals surface area contributed by atoms with Crippen LogP contribution in [-0.2, 0) is 6.18 Å². The topological polar surface area (TPSA) is 104 Å². The third-order valence-corrected chi connectivity index (χ3v) is 5.86. The van der Waals surface area contributed by atoms with Crippen molar-refractivity contribution in [3.63, 3.8) is 0 Å². The second-order valence-corrected chi connectivity index (χ2v) is 8.24. The standard InChI is InChI=1S/C24H20F3N5O3/c25-24(26,27)16-2-3-19-20(10-16)31-22(30-19)14-1-4-21(29-12-14)32-7-5-17(6-8-32)35-18-9-15(23(33)34)11-28-13-18/h1-4,9-13,17H,5-8H2,(H,30,31)(H,33,34). The van der Waals surface area contributed by atoms with Crippen molar-refractivity contribution in [2.45, 2.75) is 25.1 Å². The highest BCUT2D eigenvalue weighted by atomic mass is 19.4. The number of nitrogens with one attached hydrogen (secondary N) is 1. The molecular weight excluding hydrogens is 463 g/mol. The zero-order chi connectivity index (χ0) is 24.6. The normalized spacial score (nSPS) is 14.9. The number of H-pyrrole nitrogens is 1. The third-order valence-electron chi connectivity index (χ3n) is 5.86. The maximum absolute atomic E-state index is 13.0. The Hall–Kier alpha value is -4.15. The van der Waals surface area contributed by atoms with Gasteiger partial charge in [0.25, 0.3) is 0 Å². The van der Waals surface area contributed by atoms with Gasteiger partial charge in [-0.05, 0) is 36.4 Å². The van der Waals surface area contributed by atoms with Gasteiger partial charge in [-0.15, -0.1) is 0 Å². The molecule has 0 radical (unpaired) electrons. The van der Waals surface area contributed by atoms with E-state index in [1.807, 2.05) is 12.1 Å². The molecule has 0 unspecified atom stereocenters. The monoisotopic (exact) mass is 483 g/mol. The molecule has 1 aromatic carbocycles. The summed E-state index contributed by atoms with van der Waals surface area (Å²) in [5.41, 5.74) is 0.775. The second-order valence-electron chi connectivity index (χ2n) is 8.24. The Kier molecular flexibility index (Phi) is 5.75. The Morgan fingerprint density at radius 3 is 2.57 bits per heavy atom. The van der Waals surface area contributed by atoms with Gasteiger partial charge in [0.05, 0.1) is 28.4 Å². The van der Waals surface area contributed by atoms with E-state index in [2.05, 4.69) is 24.8 Å². The SMILES string of the molecule is O=C(O)c1cncc(OC2CCN(c3ccc(-c4nc5ccc(C(F)(F)F)cc5[nH]4)cn3)CC2)c1. The highest BCUT2D eigenvalue weighted by molar-refractivity contribution is 5.87. The number of anilines is 1. The van der Waals surface area contributed by atoms with E-state index in [0.717, 1.165) is 30.8 Å². The summed E-state index contributed by atoms with van der Waals surface area (Å²) in [5, 5.41) is 9.09. The molecule has 4 aromatic rings. The van der Waals surface area contributed by atoms with Crippen molar-refractivity contribution < 1.29 is 27.8 Å². The van der Waals surface area contributed by atoms with Gasteiger partial charge in [0.15, 0.2) is 0 Å². The third kappa shape index (κ3) is 4.88. The average Bonchev–Trinajstić information content (AvgIpc) is 3.28. The summed E-state index contributed by atoms with van der Waals surface area (Å²) >= 11 is 0. The highest BCUT2D eigenvalue weighted by Crippen LogP contribution is 2.32. The number of carbonyl (C=O) groups is 1. The zero-order valence-corrected chi connectivity index (χ0v) is 18.3. The van der Waals surface area contributed by atoms with Crippen LogP contribution in [-0.4, -0.2) is 50.2 Å². The number of rotatable bonds is 5. The lowest BCUT2D eigenvalue weighted by atomic mass is 10.1. The zero-order valence-electron chi connectivity index (χ0n) is 18.3. The summed E-state index contributed by atoms with van der Waals surface area (Å²) in [7, 11) is 0. The lowest BCUT2D eigenvalue weighted by molar-refractivity contribution is -0.137. The number of benzene rings is 1. The van der Waals surface area contributed by atoms with Crippen molar-refractivity contribution in [3.05, 3.63) is 66.1 Å². The Morgan fingerprint density at radius 2 is 1.89 bits per heavy atom. The van der Waals surface area contributed by atoms with Crippen molar-refractivity contribution in [1.82, 2.24) is 19.9 Å². The van der Waals surface area contributed by atoms with Crippen LogP contribution < -0.4 is 9.64 Å². The molecule has 4 heterocycles. The minimum Gasteiger partial charge on any atom is -0.489 e. The maximum atomic E-state index is 13.0. The second kappa shape index (κ2) is 8.90. The van der Waals surface area contributed by atoms with Crippen LogP contribution in [0.25, 0.3) is 22.4 Å². The minimum atomic E-state index is -4.42. The minimum absolute atomic E-state index is 0.0616. The van der Waals surface area contributed by atoms with Gasteiger partial charge in [-0.1, -0.05) is 0 Å². The molecule has 2 N–H and O–H groups in total.